The van der Waals surface area contributed by atoms with E-state index in [9.17, 15) is 9.59 Å². The van der Waals surface area contributed by atoms with E-state index in [2.05, 4.69) is 5.32 Å². The van der Waals surface area contributed by atoms with Crippen LogP contribution in [0.4, 0.5) is 0 Å². The number of rotatable bonds is 8. The van der Waals surface area contributed by atoms with Crippen LogP contribution < -0.4 is 14.8 Å². The molecule has 0 aliphatic rings. The van der Waals surface area contributed by atoms with Gasteiger partial charge in [0.25, 0.3) is 0 Å². The van der Waals surface area contributed by atoms with Gasteiger partial charge in [0.05, 0.1) is 20.6 Å². The van der Waals surface area contributed by atoms with Crippen LogP contribution in [0.15, 0.2) is 48.5 Å². The lowest BCUT2D eigenvalue weighted by Crippen LogP contribution is -2.47. The largest absolute Gasteiger partial charge is 0.493 e. The third-order valence-corrected chi connectivity index (χ3v) is 4.41. The fourth-order valence-corrected chi connectivity index (χ4v) is 2.84. The smallest absolute Gasteiger partial charge is 0.242 e. The van der Waals surface area contributed by atoms with Gasteiger partial charge in [0.1, 0.15) is 6.04 Å². The van der Waals surface area contributed by atoms with Gasteiger partial charge in [-0.2, -0.15) is 0 Å². The van der Waals surface area contributed by atoms with Gasteiger partial charge in [0.15, 0.2) is 11.5 Å². The molecule has 0 radical (unpaired) electrons. The topological polar surface area (TPSA) is 67.9 Å². The molecular formula is C21H26N2O4. The fourth-order valence-electron chi connectivity index (χ4n) is 2.84. The number of amides is 2. The molecule has 144 valence electrons. The van der Waals surface area contributed by atoms with Gasteiger partial charge in [0.2, 0.25) is 11.8 Å². The lowest BCUT2D eigenvalue weighted by molar-refractivity contribution is -0.139. The van der Waals surface area contributed by atoms with Crippen molar-refractivity contribution in [3.63, 3.8) is 0 Å². The highest BCUT2D eigenvalue weighted by molar-refractivity contribution is 5.88. The molecule has 2 aromatic carbocycles. The average Bonchev–Trinajstić information content (AvgIpc) is 2.71. The van der Waals surface area contributed by atoms with Crippen molar-refractivity contribution in [1.29, 1.82) is 0 Å². The maximum absolute atomic E-state index is 13.0. The molecule has 0 saturated heterocycles. The number of carbonyl (C=O) groups is 2. The van der Waals surface area contributed by atoms with E-state index in [4.69, 9.17) is 9.47 Å². The van der Waals surface area contributed by atoms with E-state index in [0.29, 0.717) is 18.0 Å². The number of hydrogen-bond acceptors (Lipinski definition) is 4. The Labute approximate surface area is 160 Å². The molecule has 0 bridgehead atoms. The van der Waals surface area contributed by atoms with Crippen LogP contribution in [0.25, 0.3) is 0 Å². The van der Waals surface area contributed by atoms with Gasteiger partial charge < -0.3 is 19.7 Å². The van der Waals surface area contributed by atoms with Gasteiger partial charge >= 0.3 is 0 Å². The molecule has 0 spiro atoms. The second kappa shape index (κ2) is 9.62. The zero-order chi connectivity index (χ0) is 19.8. The molecule has 0 aromatic heterocycles. The van der Waals surface area contributed by atoms with E-state index in [1.807, 2.05) is 36.4 Å². The minimum atomic E-state index is -0.581. The lowest BCUT2D eigenvalue weighted by Gasteiger charge is -2.28. The van der Waals surface area contributed by atoms with Crippen LogP contribution in [0.1, 0.15) is 18.1 Å². The van der Waals surface area contributed by atoms with Crippen LogP contribution in [0.5, 0.6) is 11.5 Å². The highest BCUT2D eigenvalue weighted by atomic mass is 16.5. The van der Waals surface area contributed by atoms with Gasteiger partial charge in [-0.15, -0.1) is 0 Å². The highest BCUT2D eigenvalue weighted by Crippen LogP contribution is 2.28. The number of ether oxygens (including phenoxy) is 2. The van der Waals surface area contributed by atoms with Gasteiger partial charge in [-0.1, -0.05) is 36.4 Å². The Morgan fingerprint density at radius 2 is 1.67 bits per heavy atom. The van der Waals surface area contributed by atoms with Gasteiger partial charge in [-0.25, -0.2) is 0 Å². The monoisotopic (exact) mass is 370 g/mol. The second-order valence-corrected chi connectivity index (χ2v) is 6.16. The Balaban J connectivity index is 2.23. The second-order valence-electron chi connectivity index (χ2n) is 6.16. The number of nitrogens with zero attached hydrogens (tertiary/aromatic N) is 1. The van der Waals surface area contributed by atoms with Crippen LogP contribution in [-0.4, -0.2) is 44.0 Å². The number of benzene rings is 2. The molecule has 2 rings (SSSR count). The van der Waals surface area contributed by atoms with Crippen LogP contribution in [0.2, 0.25) is 0 Å². The summed E-state index contributed by atoms with van der Waals surface area (Å²) >= 11 is 0. The molecule has 0 saturated carbocycles. The summed E-state index contributed by atoms with van der Waals surface area (Å²) in [6.07, 6.45) is 0.161. The minimum Gasteiger partial charge on any atom is -0.493 e. The summed E-state index contributed by atoms with van der Waals surface area (Å²) in [7, 11) is 4.69. The zero-order valence-corrected chi connectivity index (χ0v) is 16.2. The van der Waals surface area contributed by atoms with Crippen molar-refractivity contribution in [3.8, 4) is 11.5 Å². The van der Waals surface area contributed by atoms with E-state index < -0.39 is 6.04 Å². The van der Waals surface area contributed by atoms with Crippen LogP contribution in [-0.2, 0) is 22.6 Å². The standard InChI is InChI=1S/C21H26N2O4/c1-15(21(25)22-2)23(14-16-8-6-5-7-9-16)20(24)13-17-10-11-18(26-3)19(12-17)27-4/h5-12,15H,13-14H2,1-4H3,(H,22,25). The van der Waals surface area contributed by atoms with E-state index in [1.54, 1.807) is 45.2 Å². The molecule has 2 amide bonds. The van der Waals surface area contributed by atoms with E-state index in [0.717, 1.165) is 11.1 Å². The van der Waals surface area contributed by atoms with E-state index in [1.165, 1.54) is 0 Å². The summed E-state index contributed by atoms with van der Waals surface area (Å²) in [5.41, 5.74) is 1.76. The van der Waals surface area contributed by atoms with Crippen molar-refractivity contribution < 1.29 is 19.1 Å². The number of methoxy groups -OCH3 is 2. The molecule has 1 unspecified atom stereocenters. The Morgan fingerprint density at radius 1 is 1.00 bits per heavy atom. The molecular weight excluding hydrogens is 344 g/mol. The summed E-state index contributed by atoms with van der Waals surface area (Å²) in [5.74, 6) is 0.832. The van der Waals surface area contributed by atoms with Crippen LogP contribution >= 0.6 is 0 Å². The van der Waals surface area contributed by atoms with Crippen LogP contribution in [0, 0.1) is 0 Å². The first-order valence-electron chi connectivity index (χ1n) is 8.76. The van der Waals surface area contributed by atoms with E-state index >= 15 is 0 Å². The number of hydrogen-bond donors (Lipinski definition) is 1. The van der Waals surface area contributed by atoms with Crippen molar-refractivity contribution in [2.75, 3.05) is 21.3 Å². The molecule has 1 atom stereocenters. The minimum absolute atomic E-state index is 0.137. The average molecular weight is 370 g/mol. The predicted molar refractivity (Wildman–Crippen MR) is 104 cm³/mol. The number of nitrogens with one attached hydrogen (secondary N) is 1. The Hall–Kier alpha value is -3.02. The van der Waals surface area contributed by atoms with Gasteiger partial charge in [-0.3, -0.25) is 9.59 Å². The van der Waals surface area contributed by atoms with Gasteiger partial charge in [0, 0.05) is 13.6 Å². The number of carbonyl (C=O) groups excluding carboxylic acids is 2. The Morgan fingerprint density at radius 3 is 2.26 bits per heavy atom. The quantitative estimate of drug-likeness (QED) is 0.775. The maximum atomic E-state index is 13.0. The van der Waals surface area contributed by atoms with Crippen LogP contribution in [0.3, 0.4) is 0 Å². The van der Waals surface area contributed by atoms with Crippen molar-refractivity contribution >= 4 is 11.8 Å². The molecule has 0 heterocycles. The highest BCUT2D eigenvalue weighted by Gasteiger charge is 2.25. The van der Waals surface area contributed by atoms with Crippen molar-refractivity contribution in [2.45, 2.75) is 25.9 Å². The first kappa shape index (κ1) is 20.3. The predicted octanol–water partition coefficient (Wildman–Crippen LogP) is 2.41. The molecule has 0 aliphatic carbocycles. The molecule has 27 heavy (non-hydrogen) atoms. The Kier molecular flexibility index (Phi) is 7.23. The summed E-state index contributed by atoms with van der Waals surface area (Å²) in [4.78, 5) is 26.7. The van der Waals surface area contributed by atoms with Gasteiger partial charge in [-0.05, 0) is 30.2 Å². The SMILES string of the molecule is CNC(=O)C(C)N(Cc1ccccc1)C(=O)Cc1ccc(OC)c(OC)c1. The molecule has 6 heteroatoms. The molecule has 1 N–H and O–H groups in total. The summed E-state index contributed by atoms with van der Waals surface area (Å²) in [6, 6.07) is 14.4. The fraction of sp³-hybridized carbons (Fsp3) is 0.333. The molecule has 2 aromatic rings. The maximum Gasteiger partial charge on any atom is 0.242 e. The molecule has 0 fully saturated rings. The first-order valence-corrected chi connectivity index (χ1v) is 8.76. The molecule has 0 aliphatic heterocycles. The van der Waals surface area contributed by atoms with Crippen molar-refractivity contribution in [2.24, 2.45) is 0 Å². The first-order chi connectivity index (χ1) is 13.0. The molecule has 6 nitrogen and oxygen atoms in total. The normalized spacial score (nSPS) is 11.4. The van der Waals surface area contributed by atoms with Crippen molar-refractivity contribution in [3.05, 3.63) is 59.7 Å². The van der Waals surface area contributed by atoms with Crippen molar-refractivity contribution in [1.82, 2.24) is 10.2 Å². The van der Waals surface area contributed by atoms with E-state index in [-0.39, 0.29) is 18.2 Å². The third kappa shape index (κ3) is 5.23. The lowest BCUT2D eigenvalue weighted by atomic mass is 10.1. The summed E-state index contributed by atoms with van der Waals surface area (Å²) in [6.45, 7) is 2.09. The summed E-state index contributed by atoms with van der Waals surface area (Å²) in [5, 5.41) is 2.61. The number of likely N-dealkylation sites (N-methyl/N-ethyl adjacent to an activating group) is 1. The summed E-state index contributed by atoms with van der Waals surface area (Å²) < 4.78 is 10.5. The third-order valence-electron chi connectivity index (χ3n) is 4.41. The zero-order valence-electron chi connectivity index (χ0n) is 16.2. The Bertz CT molecular complexity index is 777.